The molecule has 0 N–H and O–H groups in total. The fraction of sp³-hybridized carbons (Fsp3) is 0. The lowest BCUT2D eigenvalue weighted by Crippen LogP contribution is -2.00. The van der Waals surface area contributed by atoms with Gasteiger partial charge < -0.3 is 13.3 Å². The smallest absolute Gasteiger partial charge is 0.164 e. The molecular formula is C51H29N3O3. The van der Waals surface area contributed by atoms with Gasteiger partial charge in [-0.2, -0.15) is 0 Å². The lowest BCUT2D eigenvalue weighted by molar-refractivity contribution is 0.669. The van der Waals surface area contributed by atoms with E-state index in [0.717, 1.165) is 105 Å². The molecule has 0 bridgehead atoms. The summed E-state index contributed by atoms with van der Waals surface area (Å²) >= 11 is 0. The number of rotatable bonds is 5. The highest BCUT2D eigenvalue weighted by atomic mass is 16.3. The second-order valence-electron chi connectivity index (χ2n) is 14.4. The Morgan fingerprint density at radius 3 is 1.35 bits per heavy atom. The Labute approximate surface area is 325 Å². The maximum atomic E-state index is 6.50. The zero-order valence-corrected chi connectivity index (χ0v) is 30.3. The summed E-state index contributed by atoms with van der Waals surface area (Å²) in [7, 11) is 0. The van der Waals surface area contributed by atoms with Gasteiger partial charge >= 0.3 is 0 Å². The summed E-state index contributed by atoms with van der Waals surface area (Å²) in [4.78, 5) is 15.2. The monoisotopic (exact) mass is 731 g/mol. The number of hydrogen-bond donors (Lipinski definition) is 0. The van der Waals surface area contributed by atoms with Crippen LogP contribution in [0.1, 0.15) is 0 Å². The predicted octanol–water partition coefficient (Wildman–Crippen LogP) is 13.9. The molecule has 6 heteroatoms. The van der Waals surface area contributed by atoms with Gasteiger partial charge in [0.1, 0.15) is 33.5 Å². The topological polar surface area (TPSA) is 78.1 Å². The lowest BCUT2D eigenvalue weighted by Gasteiger charge is -2.09. The summed E-state index contributed by atoms with van der Waals surface area (Å²) in [5.41, 5.74) is 11.8. The molecule has 0 atom stereocenters. The van der Waals surface area contributed by atoms with Crippen LogP contribution in [0, 0.1) is 0 Å². The van der Waals surface area contributed by atoms with Crippen LogP contribution in [0.4, 0.5) is 0 Å². The first-order chi connectivity index (χ1) is 28.2. The molecule has 0 unspecified atom stereocenters. The molecule has 12 aromatic rings. The van der Waals surface area contributed by atoms with E-state index < -0.39 is 0 Å². The van der Waals surface area contributed by atoms with Gasteiger partial charge in [-0.1, -0.05) is 127 Å². The van der Waals surface area contributed by atoms with Gasteiger partial charge in [-0.25, -0.2) is 15.0 Å². The molecule has 8 aromatic carbocycles. The van der Waals surface area contributed by atoms with Gasteiger partial charge in [0.15, 0.2) is 17.5 Å². The van der Waals surface area contributed by atoms with Gasteiger partial charge in [0, 0.05) is 54.6 Å². The molecule has 0 aliphatic rings. The van der Waals surface area contributed by atoms with Crippen LogP contribution in [0.15, 0.2) is 189 Å². The summed E-state index contributed by atoms with van der Waals surface area (Å²) in [5.74, 6) is 1.65. The zero-order valence-electron chi connectivity index (χ0n) is 30.3. The maximum Gasteiger partial charge on any atom is 0.164 e. The summed E-state index contributed by atoms with van der Waals surface area (Å²) in [6, 6.07) is 59.9. The van der Waals surface area contributed by atoms with Crippen LogP contribution in [0.25, 0.3) is 122 Å². The van der Waals surface area contributed by atoms with Crippen molar-refractivity contribution >= 4 is 65.8 Å². The molecule has 0 aliphatic carbocycles. The van der Waals surface area contributed by atoms with Crippen LogP contribution in [0.3, 0.4) is 0 Å². The van der Waals surface area contributed by atoms with E-state index in [0.29, 0.717) is 17.5 Å². The Balaban J connectivity index is 0.987. The van der Waals surface area contributed by atoms with Crippen molar-refractivity contribution < 1.29 is 13.3 Å². The third-order valence-electron chi connectivity index (χ3n) is 11.0. The first kappa shape index (κ1) is 31.5. The predicted molar refractivity (Wildman–Crippen MR) is 229 cm³/mol. The minimum Gasteiger partial charge on any atom is -0.456 e. The average molecular weight is 732 g/mol. The van der Waals surface area contributed by atoms with Crippen molar-refractivity contribution in [1.82, 2.24) is 15.0 Å². The largest absolute Gasteiger partial charge is 0.456 e. The fourth-order valence-corrected chi connectivity index (χ4v) is 8.13. The number of fused-ring (bicyclic) bond motifs is 9. The number of aromatic nitrogens is 3. The van der Waals surface area contributed by atoms with Crippen LogP contribution in [0.5, 0.6) is 0 Å². The molecule has 12 rings (SSSR count). The molecule has 57 heavy (non-hydrogen) atoms. The molecule has 4 aromatic heterocycles. The van der Waals surface area contributed by atoms with Crippen molar-refractivity contribution in [1.29, 1.82) is 0 Å². The number of para-hydroxylation sites is 3. The van der Waals surface area contributed by atoms with Gasteiger partial charge in [-0.15, -0.1) is 0 Å². The summed E-state index contributed by atoms with van der Waals surface area (Å²) in [5, 5.41) is 6.42. The molecule has 0 radical (unpaired) electrons. The van der Waals surface area contributed by atoms with Crippen LogP contribution >= 0.6 is 0 Å². The Morgan fingerprint density at radius 2 is 0.702 bits per heavy atom. The molecule has 0 saturated carbocycles. The van der Waals surface area contributed by atoms with E-state index in [2.05, 4.69) is 109 Å². The third-order valence-corrected chi connectivity index (χ3v) is 11.0. The van der Waals surface area contributed by atoms with Crippen LogP contribution in [-0.4, -0.2) is 15.0 Å². The highest BCUT2D eigenvalue weighted by molar-refractivity contribution is 6.10. The Kier molecular flexibility index (Phi) is 6.83. The second kappa shape index (κ2) is 12.3. The van der Waals surface area contributed by atoms with Gasteiger partial charge in [-0.05, 0) is 65.2 Å². The van der Waals surface area contributed by atoms with E-state index >= 15 is 0 Å². The van der Waals surface area contributed by atoms with Crippen molar-refractivity contribution in [3.63, 3.8) is 0 Å². The first-order valence-corrected chi connectivity index (χ1v) is 18.9. The normalized spacial score (nSPS) is 11.9. The van der Waals surface area contributed by atoms with E-state index in [4.69, 9.17) is 28.2 Å². The summed E-state index contributed by atoms with van der Waals surface area (Å²) in [6.45, 7) is 0. The van der Waals surface area contributed by atoms with Crippen molar-refractivity contribution in [2.75, 3.05) is 0 Å². The minimum absolute atomic E-state index is 0.545. The Bertz CT molecular complexity index is 3520. The highest BCUT2D eigenvalue weighted by Gasteiger charge is 2.18. The first-order valence-electron chi connectivity index (χ1n) is 18.9. The molecule has 0 aliphatic heterocycles. The van der Waals surface area contributed by atoms with Crippen molar-refractivity contribution in [2.24, 2.45) is 0 Å². The molecule has 4 heterocycles. The Hall–Kier alpha value is -7.83. The standard InChI is InChI=1S/C51H29N3O3/c1-2-9-30(10-3-1)33-21-24-40-41-26-23-35(29-47(41)56-45(40)27-33)51-53-49(52-50(54-51)34-22-25-39-37-11-4-6-15-43(37)55-46(39)28-34)32-19-17-31(18-20-32)36-13-8-14-42-38-12-5-7-16-44(38)57-48(36)42/h1-29H. The Morgan fingerprint density at radius 1 is 0.263 bits per heavy atom. The van der Waals surface area contributed by atoms with E-state index in [1.54, 1.807) is 0 Å². The van der Waals surface area contributed by atoms with Crippen LogP contribution < -0.4 is 0 Å². The fourth-order valence-electron chi connectivity index (χ4n) is 8.13. The van der Waals surface area contributed by atoms with Crippen LogP contribution in [-0.2, 0) is 0 Å². The van der Waals surface area contributed by atoms with Gasteiger partial charge in [0.2, 0.25) is 0 Å². The third kappa shape index (κ3) is 5.15. The molecule has 0 amide bonds. The number of hydrogen-bond acceptors (Lipinski definition) is 6. The quantitative estimate of drug-likeness (QED) is 0.175. The average Bonchev–Trinajstić information content (AvgIpc) is 3.97. The van der Waals surface area contributed by atoms with E-state index in [1.165, 1.54) is 0 Å². The molecule has 0 fully saturated rings. The SMILES string of the molecule is c1ccc(-c2ccc3c(c2)oc2cc(-c4nc(-c5ccc(-c6cccc7c6oc6ccccc67)cc5)nc(-c5ccc6c(c5)oc5ccccc56)n4)ccc23)cc1. The molecule has 0 saturated heterocycles. The number of benzene rings is 8. The van der Waals surface area contributed by atoms with Crippen LogP contribution in [0.2, 0.25) is 0 Å². The number of furan rings is 3. The number of nitrogens with zero attached hydrogens (tertiary/aromatic N) is 3. The molecule has 0 spiro atoms. The molecular weight excluding hydrogens is 703 g/mol. The summed E-state index contributed by atoms with van der Waals surface area (Å²) < 4.78 is 19.1. The maximum absolute atomic E-state index is 6.50. The minimum atomic E-state index is 0.545. The highest BCUT2D eigenvalue weighted by Crippen LogP contribution is 2.38. The van der Waals surface area contributed by atoms with Crippen molar-refractivity contribution in [3.8, 4) is 56.4 Å². The van der Waals surface area contributed by atoms with Gasteiger partial charge in [0.05, 0.1) is 0 Å². The van der Waals surface area contributed by atoms with E-state index in [1.807, 2.05) is 66.7 Å². The van der Waals surface area contributed by atoms with Gasteiger partial charge in [0.25, 0.3) is 0 Å². The lowest BCUT2D eigenvalue weighted by atomic mass is 10.0. The second-order valence-corrected chi connectivity index (χ2v) is 14.4. The molecule has 266 valence electrons. The van der Waals surface area contributed by atoms with Gasteiger partial charge in [-0.3, -0.25) is 0 Å². The van der Waals surface area contributed by atoms with E-state index in [-0.39, 0.29) is 0 Å². The van der Waals surface area contributed by atoms with E-state index in [9.17, 15) is 0 Å². The van der Waals surface area contributed by atoms with Crippen molar-refractivity contribution in [3.05, 3.63) is 176 Å². The zero-order chi connectivity index (χ0) is 37.5. The van der Waals surface area contributed by atoms with Crippen molar-refractivity contribution in [2.45, 2.75) is 0 Å². The molecule has 6 nitrogen and oxygen atoms in total. The summed E-state index contributed by atoms with van der Waals surface area (Å²) in [6.07, 6.45) is 0.